The number of hydrogen-bond donors (Lipinski definition) is 3. The van der Waals surface area contributed by atoms with Gasteiger partial charge in [-0.1, -0.05) is 19.6 Å². The lowest BCUT2D eigenvalue weighted by Crippen LogP contribution is -2.56. The number of rotatable bonds is 21. The largest absolute Gasteiger partial charge is 0.435 e. The van der Waals surface area contributed by atoms with Gasteiger partial charge in [-0.15, -0.1) is 0 Å². The number of benzene rings is 2. The fourth-order valence-corrected chi connectivity index (χ4v) is 10.5. The normalized spacial score (nSPS) is 15.7. The minimum Gasteiger partial charge on any atom is -0.435 e. The number of carbonyl (C=O) groups excluding carboxylic acids is 2. The lowest BCUT2D eigenvalue weighted by molar-refractivity contribution is -0.131. The second-order valence-electron chi connectivity index (χ2n) is 24.4. The molecule has 0 aliphatic carbocycles. The summed E-state index contributed by atoms with van der Waals surface area (Å²) in [6, 6.07) is 9.99. The fraction of sp³-hybridized carbons (Fsp3) is 0.500. The number of aromatic amines is 1. The Morgan fingerprint density at radius 2 is 1.15 bits per heavy atom. The second-order valence-corrected chi connectivity index (χ2v) is 30.1. The number of carbonyl (C=O) groups is 2. The molecule has 3 N–H and O–H groups in total. The molecule has 8 aromatic rings. The molecule has 0 atom stereocenters. The third-order valence-electron chi connectivity index (χ3n) is 13.5. The minimum atomic E-state index is -3.02. The first kappa shape index (κ1) is 61.3. The van der Waals surface area contributed by atoms with Gasteiger partial charge in [-0.2, -0.15) is 27.8 Å². The number of nitrogens with one attached hydrogen (secondary N) is 3. The maximum atomic E-state index is 13.4. The molecule has 28 heteroatoms. The van der Waals surface area contributed by atoms with Crippen LogP contribution in [0.1, 0.15) is 75.1 Å². The standard InChI is InChI=1S/C31H41F4N7O3Si.C25H27F4N7O2/c1-30(2,3)38-28(43)22-16-41(19-44-12-13-46(4,5)6)27-26(22)37-23(15-36-27)25-21-14-20(45-29(32)33)8-9-24(21)42(39-25)11-7-10-40-17-31(34,35)18-40;1-24(2,3)33-22(37)16-10-30-21-20(16)32-17(11-31-21)19-15-9-14(38-23(26)27)5-6-18(15)36(34-19)8-4-7-35-12-25(28,29)13-35/h8-9,14-16,29H,7,10-13,17-19H2,1-6H3,(H,38,43);5-6,9-11,23H,4,7-8,12-13H2,1-3H3,(H,30,31)(H,33,37). The van der Waals surface area contributed by atoms with E-state index in [-0.39, 0.29) is 56.2 Å². The van der Waals surface area contributed by atoms with Gasteiger partial charge in [-0.05, 0) is 96.8 Å². The lowest BCUT2D eigenvalue weighted by Gasteiger charge is -2.38. The lowest BCUT2D eigenvalue weighted by atomic mass is 10.1. The molecular formula is C56H68F8N14O5Si. The van der Waals surface area contributed by atoms with Gasteiger partial charge in [-0.25, -0.2) is 37.5 Å². The van der Waals surface area contributed by atoms with Gasteiger partial charge in [0.15, 0.2) is 11.3 Å². The van der Waals surface area contributed by atoms with Crippen LogP contribution in [0.2, 0.25) is 25.7 Å². The Morgan fingerprint density at radius 1 is 0.679 bits per heavy atom. The quantitative estimate of drug-likeness (QED) is 0.0349. The maximum Gasteiger partial charge on any atom is 0.387 e. The number of aryl methyl sites for hydroxylation is 2. The second kappa shape index (κ2) is 24.0. The van der Waals surface area contributed by atoms with E-state index >= 15 is 0 Å². The van der Waals surface area contributed by atoms with Crippen molar-refractivity contribution in [3.8, 4) is 34.3 Å². The van der Waals surface area contributed by atoms with E-state index in [0.29, 0.717) is 124 Å². The number of fused-ring (bicyclic) bond motifs is 4. The summed E-state index contributed by atoms with van der Waals surface area (Å²) in [6.07, 6.45) is 7.32. The first-order valence-electron chi connectivity index (χ1n) is 27.4. The van der Waals surface area contributed by atoms with Crippen LogP contribution in [-0.4, -0.2) is 161 Å². The van der Waals surface area contributed by atoms with E-state index in [0.717, 1.165) is 6.04 Å². The number of nitrogens with zero attached hydrogens (tertiary/aromatic N) is 11. The Bertz CT molecular complexity index is 3660. The van der Waals surface area contributed by atoms with Crippen molar-refractivity contribution in [2.24, 2.45) is 0 Å². The molecule has 2 fully saturated rings. The molecule has 8 heterocycles. The van der Waals surface area contributed by atoms with Crippen LogP contribution in [0.3, 0.4) is 0 Å². The number of hydrogen-bond acceptors (Lipinski definition) is 13. The molecule has 2 amide bonds. The summed E-state index contributed by atoms with van der Waals surface area (Å²) in [5, 5.41) is 16.3. The van der Waals surface area contributed by atoms with Crippen molar-refractivity contribution in [1.82, 2.24) is 69.5 Å². The third-order valence-corrected chi connectivity index (χ3v) is 15.2. The molecule has 2 saturated heterocycles. The number of alkyl halides is 8. The van der Waals surface area contributed by atoms with Crippen molar-refractivity contribution in [3.05, 3.63) is 72.3 Å². The minimum absolute atomic E-state index is 0.0444. The number of ether oxygens (including phenoxy) is 3. The van der Waals surface area contributed by atoms with Crippen LogP contribution in [-0.2, 0) is 24.6 Å². The Labute approximate surface area is 479 Å². The van der Waals surface area contributed by atoms with Crippen LogP contribution >= 0.6 is 0 Å². The van der Waals surface area contributed by atoms with Crippen LogP contribution in [0.25, 0.3) is 66.9 Å². The molecule has 452 valence electrons. The van der Waals surface area contributed by atoms with Gasteiger partial charge in [0.05, 0.1) is 60.7 Å². The van der Waals surface area contributed by atoms with E-state index in [9.17, 15) is 44.7 Å². The van der Waals surface area contributed by atoms with Crippen LogP contribution in [0, 0.1) is 0 Å². The highest BCUT2D eigenvalue weighted by Gasteiger charge is 2.44. The van der Waals surface area contributed by atoms with E-state index < -0.39 is 44.2 Å². The number of amides is 2. The number of H-pyrrole nitrogens is 1. The molecule has 2 aliphatic heterocycles. The van der Waals surface area contributed by atoms with Crippen molar-refractivity contribution in [2.45, 2.75) is 136 Å². The van der Waals surface area contributed by atoms with Gasteiger partial charge in [0.25, 0.3) is 23.7 Å². The molecule has 0 saturated carbocycles. The molecule has 2 aromatic carbocycles. The van der Waals surface area contributed by atoms with Gasteiger partial charge in [-0.3, -0.25) is 28.8 Å². The summed E-state index contributed by atoms with van der Waals surface area (Å²) in [5.41, 5.74) is 3.85. The van der Waals surface area contributed by atoms with Gasteiger partial charge in [0.1, 0.15) is 52.0 Å². The van der Waals surface area contributed by atoms with Gasteiger partial charge in [0.2, 0.25) is 0 Å². The SMILES string of the molecule is CC(C)(C)NC(=O)c1c[nH]c2ncc(-c3nn(CCCN4CC(F)(F)C4)c4ccc(OC(F)F)cc34)nc12.CC(C)(C)NC(=O)c1cn(COCC[Si](C)(C)C)c2ncc(-c3nn(CCCN4CC(F)(F)C4)c4ccc(OC(F)F)cc34)nc12. The number of halogens is 8. The average molecular weight is 1200 g/mol. The molecule has 0 spiro atoms. The fourth-order valence-electron chi connectivity index (χ4n) is 9.77. The van der Waals surface area contributed by atoms with Crippen molar-refractivity contribution in [3.63, 3.8) is 0 Å². The highest BCUT2D eigenvalue weighted by Crippen LogP contribution is 2.35. The van der Waals surface area contributed by atoms with Crippen molar-refractivity contribution >= 4 is 64.0 Å². The predicted octanol–water partition coefficient (Wildman–Crippen LogP) is 10.7. The summed E-state index contributed by atoms with van der Waals surface area (Å²) >= 11 is 0. The topological polar surface area (TPSA) is 200 Å². The van der Waals surface area contributed by atoms with E-state index in [1.807, 2.05) is 41.5 Å². The van der Waals surface area contributed by atoms with Crippen molar-refractivity contribution < 1.29 is 58.9 Å². The van der Waals surface area contributed by atoms with Crippen LogP contribution in [0.5, 0.6) is 11.5 Å². The van der Waals surface area contributed by atoms with E-state index in [1.54, 1.807) is 42.1 Å². The van der Waals surface area contributed by atoms with Crippen LogP contribution in [0.15, 0.2) is 61.2 Å². The van der Waals surface area contributed by atoms with Gasteiger partial charge >= 0.3 is 13.2 Å². The number of aromatic nitrogens is 10. The number of likely N-dealkylation sites (tertiary alicyclic amines) is 2. The summed E-state index contributed by atoms with van der Waals surface area (Å²) in [4.78, 5) is 51.1. The molecular weight excluding hydrogens is 1130 g/mol. The molecule has 6 aromatic heterocycles. The zero-order valence-electron chi connectivity index (χ0n) is 48.1. The van der Waals surface area contributed by atoms with Gasteiger partial charge < -0.3 is 34.4 Å². The summed E-state index contributed by atoms with van der Waals surface area (Å²) < 4.78 is 125. The highest BCUT2D eigenvalue weighted by molar-refractivity contribution is 6.76. The third kappa shape index (κ3) is 15.1. The molecule has 2 aliphatic rings. The molecule has 84 heavy (non-hydrogen) atoms. The molecule has 0 unspecified atom stereocenters. The molecule has 19 nitrogen and oxygen atoms in total. The summed E-state index contributed by atoms with van der Waals surface area (Å²) in [6.45, 7) is 13.5. The van der Waals surface area contributed by atoms with E-state index in [4.69, 9.17) is 14.8 Å². The summed E-state index contributed by atoms with van der Waals surface area (Å²) in [5.74, 6) is -6.03. The Hall–Kier alpha value is -7.30. The first-order chi connectivity index (χ1) is 39.4. The van der Waals surface area contributed by atoms with E-state index in [2.05, 4.69) is 64.8 Å². The molecule has 10 rings (SSSR count). The zero-order valence-corrected chi connectivity index (χ0v) is 49.1. The summed E-state index contributed by atoms with van der Waals surface area (Å²) in [7, 11) is -1.30. The monoisotopic (exact) mass is 1200 g/mol. The predicted molar refractivity (Wildman–Crippen MR) is 303 cm³/mol. The Morgan fingerprint density at radius 3 is 1.62 bits per heavy atom. The Kier molecular flexibility index (Phi) is 17.5. The average Bonchev–Trinajstić information content (AvgIpc) is 4.20. The first-order valence-corrected chi connectivity index (χ1v) is 31.1. The van der Waals surface area contributed by atoms with Crippen LogP contribution < -0.4 is 20.1 Å². The molecule has 0 bridgehead atoms. The smallest absolute Gasteiger partial charge is 0.387 e. The van der Waals surface area contributed by atoms with Gasteiger partial charge in [0, 0.05) is 75.1 Å². The van der Waals surface area contributed by atoms with E-state index in [1.165, 1.54) is 42.9 Å². The van der Waals surface area contributed by atoms with Crippen LogP contribution in [0.4, 0.5) is 35.1 Å². The maximum absolute atomic E-state index is 13.4. The van der Waals surface area contributed by atoms with Crippen molar-refractivity contribution in [1.29, 1.82) is 0 Å². The Balaban J connectivity index is 0.000000205. The van der Waals surface area contributed by atoms with Crippen molar-refractivity contribution in [2.75, 3.05) is 45.9 Å². The highest BCUT2D eigenvalue weighted by atomic mass is 28.3. The molecule has 0 radical (unpaired) electrons. The zero-order chi connectivity index (χ0) is 60.7.